The van der Waals surface area contributed by atoms with Gasteiger partial charge in [0.2, 0.25) is 5.91 Å². The SMILES string of the molecule is O=C(CC1=CCCCC1)Nc1cccc(C(=O)N2CCC[C@H](O)C2)c1. The molecular weight excluding hydrogens is 316 g/mol. The van der Waals surface area contributed by atoms with Crippen molar-refractivity contribution in [3.63, 3.8) is 0 Å². The average molecular weight is 342 g/mol. The van der Waals surface area contributed by atoms with E-state index in [2.05, 4.69) is 11.4 Å². The molecule has 2 amide bonds. The van der Waals surface area contributed by atoms with Gasteiger partial charge >= 0.3 is 0 Å². The van der Waals surface area contributed by atoms with Gasteiger partial charge in [-0.05, 0) is 56.7 Å². The van der Waals surface area contributed by atoms with Crippen molar-refractivity contribution >= 4 is 17.5 Å². The maximum Gasteiger partial charge on any atom is 0.254 e. The Kier molecular flexibility index (Phi) is 5.87. The van der Waals surface area contributed by atoms with Crippen LogP contribution in [0.25, 0.3) is 0 Å². The fourth-order valence-electron chi connectivity index (χ4n) is 3.53. The Labute approximate surface area is 148 Å². The molecule has 134 valence electrons. The van der Waals surface area contributed by atoms with Gasteiger partial charge in [0.15, 0.2) is 0 Å². The van der Waals surface area contributed by atoms with E-state index in [1.165, 1.54) is 12.0 Å². The lowest BCUT2D eigenvalue weighted by molar-refractivity contribution is -0.115. The highest BCUT2D eigenvalue weighted by atomic mass is 16.3. The van der Waals surface area contributed by atoms with Gasteiger partial charge in [0.25, 0.3) is 5.91 Å². The molecule has 0 spiro atoms. The van der Waals surface area contributed by atoms with Crippen LogP contribution in [0.2, 0.25) is 0 Å². The summed E-state index contributed by atoms with van der Waals surface area (Å²) < 4.78 is 0. The Morgan fingerprint density at radius 2 is 2.12 bits per heavy atom. The van der Waals surface area contributed by atoms with Gasteiger partial charge in [0, 0.05) is 30.8 Å². The van der Waals surface area contributed by atoms with Gasteiger partial charge in [-0.3, -0.25) is 9.59 Å². The molecule has 1 saturated heterocycles. The molecule has 1 aliphatic carbocycles. The Morgan fingerprint density at radius 3 is 2.88 bits per heavy atom. The number of aliphatic hydroxyl groups is 1. The first kappa shape index (κ1) is 17.7. The van der Waals surface area contributed by atoms with Crippen LogP contribution in [0.15, 0.2) is 35.9 Å². The molecule has 2 aliphatic rings. The second kappa shape index (κ2) is 8.30. The average Bonchev–Trinajstić information content (AvgIpc) is 2.62. The summed E-state index contributed by atoms with van der Waals surface area (Å²) in [5.74, 6) is -0.129. The van der Waals surface area contributed by atoms with Gasteiger partial charge in [-0.2, -0.15) is 0 Å². The zero-order chi connectivity index (χ0) is 17.6. The highest BCUT2D eigenvalue weighted by molar-refractivity contribution is 5.97. The number of benzene rings is 1. The second-order valence-electron chi connectivity index (χ2n) is 6.96. The smallest absolute Gasteiger partial charge is 0.254 e. The number of rotatable bonds is 4. The number of allylic oxidation sites excluding steroid dienone is 1. The molecule has 1 aromatic carbocycles. The second-order valence-corrected chi connectivity index (χ2v) is 6.96. The van der Waals surface area contributed by atoms with Crippen molar-refractivity contribution < 1.29 is 14.7 Å². The molecule has 1 aliphatic heterocycles. The van der Waals surface area contributed by atoms with Crippen LogP contribution in [0, 0.1) is 0 Å². The summed E-state index contributed by atoms with van der Waals surface area (Å²) in [4.78, 5) is 26.5. The van der Waals surface area contributed by atoms with Gasteiger partial charge in [-0.15, -0.1) is 0 Å². The maximum absolute atomic E-state index is 12.6. The molecule has 25 heavy (non-hydrogen) atoms. The normalized spacial score (nSPS) is 20.8. The molecule has 5 heteroatoms. The van der Waals surface area contributed by atoms with Crippen LogP contribution in [-0.2, 0) is 4.79 Å². The standard InChI is InChI=1S/C20H26N2O3/c23-18-10-5-11-22(14-18)20(25)16-8-4-9-17(13-16)21-19(24)12-15-6-2-1-3-7-15/h4,6,8-9,13,18,23H,1-3,5,7,10-12,14H2,(H,21,24)/t18-/m0/s1. The largest absolute Gasteiger partial charge is 0.391 e. The van der Waals surface area contributed by atoms with E-state index in [9.17, 15) is 14.7 Å². The molecule has 1 fully saturated rings. The van der Waals surface area contributed by atoms with E-state index in [0.717, 1.165) is 32.1 Å². The summed E-state index contributed by atoms with van der Waals surface area (Å²) in [5.41, 5.74) is 2.40. The Balaban J connectivity index is 1.61. The van der Waals surface area contributed by atoms with Crippen molar-refractivity contribution in [3.05, 3.63) is 41.5 Å². The molecule has 0 unspecified atom stereocenters. The number of anilines is 1. The lowest BCUT2D eigenvalue weighted by atomic mass is 9.97. The molecule has 2 N–H and O–H groups in total. The summed E-state index contributed by atoms with van der Waals surface area (Å²) >= 11 is 0. The maximum atomic E-state index is 12.6. The minimum atomic E-state index is -0.440. The Morgan fingerprint density at radius 1 is 1.24 bits per heavy atom. The lowest BCUT2D eigenvalue weighted by Gasteiger charge is -2.30. The number of β-amino-alcohol motifs (C(OH)–C–C–N with tert-alkyl or cyclic N) is 1. The quantitative estimate of drug-likeness (QED) is 0.826. The third-order valence-electron chi connectivity index (χ3n) is 4.85. The number of carbonyl (C=O) groups excluding carboxylic acids is 2. The van der Waals surface area contributed by atoms with E-state index >= 15 is 0 Å². The van der Waals surface area contributed by atoms with E-state index in [0.29, 0.717) is 30.8 Å². The summed E-state index contributed by atoms with van der Waals surface area (Å²) in [7, 11) is 0. The number of likely N-dealkylation sites (tertiary alicyclic amines) is 1. The van der Waals surface area contributed by atoms with Crippen molar-refractivity contribution in [2.45, 2.75) is 51.0 Å². The van der Waals surface area contributed by atoms with Crippen LogP contribution in [0.5, 0.6) is 0 Å². The fraction of sp³-hybridized carbons (Fsp3) is 0.500. The van der Waals surface area contributed by atoms with E-state index < -0.39 is 6.10 Å². The number of carbonyl (C=O) groups is 2. The molecular formula is C20H26N2O3. The van der Waals surface area contributed by atoms with Crippen LogP contribution in [-0.4, -0.2) is 41.0 Å². The molecule has 1 atom stereocenters. The monoisotopic (exact) mass is 342 g/mol. The van der Waals surface area contributed by atoms with Crippen LogP contribution in [0.1, 0.15) is 55.3 Å². The number of aliphatic hydroxyl groups excluding tert-OH is 1. The number of hydrogen-bond acceptors (Lipinski definition) is 3. The van der Waals surface area contributed by atoms with Crippen molar-refractivity contribution in [1.82, 2.24) is 4.90 Å². The molecule has 3 rings (SSSR count). The first-order valence-electron chi connectivity index (χ1n) is 9.17. The topological polar surface area (TPSA) is 69.6 Å². The summed E-state index contributed by atoms with van der Waals surface area (Å²) in [5, 5.41) is 12.6. The van der Waals surface area contributed by atoms with Gasteiger partial charge in [-0.1, -0.05) is 17.7 Å². The van der Waals surface area contributed by atoms with Crippen LogP contribution < -0.4 is 5.32 Å². The van der Waals surface area contributed by atoms with E-state index in [1.54, 1.807) is 29.2 Å². The first-order chi connectivity index (χ1) is 12.1. The minimum Gasteiger partial charge on any atom is -0.391 e. The van der Waals surface area contributed by atoms with Gasteiger partial charge in [-0.25, -0.2) is 0 Å². The highest BCUT2D eigenvalue weighted by Crippen LogP contribution is 2.21. The Bertz CT molecular complexity index is 669. The minimum absolute atomic E-state index is 0.0360. The van der Waals surface area contributed by atoms with Crippen molar-refractivity contribution in [3.8, 4) is 0 Å². The molecule has 0 saturated carbocycles. The third-order valence-corrected chi connectivity index (χ3v) is 4.85. The zero-order valence-electron chi connectivity index (χ0n) is 14.5. The molecule has 0 bridgehead atoms. The van der Waals surface area contributed by atoms with E-state index in [-0.39, 0.29) is 11.8 Å². The summed E-state index contributed by atoms with van der Waals surface area (Å²) in [6.07, 6.45) is 8.15. The number of nitrogens with one attached hydrogen (secondary N) is 1. The molecule has 1 aromatic rings. The highest BCUT2D eigenvalue weighted by Gasteiger charge is 2.23. The fourth-order valence-corrected chi connectivity index (χ4v) is 3.53. The van der Waals surface area contributed by atoms with E-state index in [1.807, 2.05) is 0 Å². The number of hydrogen-bond donors (Lipinski definition) is 2. The molecule has 0 radical (unpaired) electrons. The van der Waals surface area contributed by atoms with Crippen molar-refractivity contribution in [2.75, 3.05) is 18.4 Å². The number of amides is 2. The predicted molar refractivity (Wildman–Crippen MR) is 97.4 cm³/mol. The molecule has 0 aromatic heterocycles. The van der Waals surface area contributed by atoms with Crippen molar-refractivity contribution in [1.29, 1.82) is 0 Å². The summed E-state index contributed by atoms with van der Waals surface area (Å²) in [6, 6.07) is 7.05. The zero-order valence-corrected chi connectivity index (χ0v) is 14.5. The lowest BCUT2D eigenvalue weighted by Crippen LogP contribution is -2.42. The number of piperidine rings is 1. The Hall–Kier alpha value is -2.14. The van der Waals surface area contributed by atoms with Gasteiger partial charge in [0.1, 0.15) is 0 Å². The van der Waals surface area contributed by atoms with Gasteiger partial charge < -0.3 is 15.3 Å². The molecule has 5 nitrogen and oxygen atoms in total. The predicted octanol–water partition coefficient (Wildman–Crippen LogP) is 3.11. The third kappa shape index (κ3) is 4.92. The number of nitrogens with zero attached hydrogens (tertiary/aromatic N) is 1. The van der Waals surface area contributed by atoms with Crippen molar-refractivity contribution in [2.24, 2.45) is 0 Å². The van der Waals surface area contributed by atoms with Crippen LogP contribution in [0.4, 0.5) is 5.69 Å². The first-order valence-corrected chi connectivity index (χ1v) is 9.17. The van der Waals surface area contributed by atoms with E-state index in [4.69, 9.17) is 0 Å². The van der Waals surface area contributed by atoms with Crippen LogP contribution in [0.3, 0.4) is 0 Å². The van der Waals surface area contributed by atoms with Crippen LogP contribution >= 0.6 is 0 Å². The molecule has 1 heterocycles. The van der Waals surface area contributed by atoms with Gasteiger partial charge in [0.05, 0.1) is 6.10 Å². The summed E-state index contributed by atoms with van der Waals surface area (Å²) in [6.45, 7) is 1.05.